The molecule has 1 saturated heterocycles. The lowest BCUT2D eigenvalue weighted by Gasteiger charge is -2.25. The molecule has 2 fully saturated rings. The topological polar surface area (TPSA) is 86.7 Å². The largest absolute Gasteiger partial charge is 0.480 e. The molecular weight excluding hydrogens is 260 g/mol. The van der Waals surface area contributed by atoms with Crippen LogP contribution in [0.25, 0.3) is 0 Å². The number of amides is 2. The molecule has 1 saturated carbocycles. The van der Waals surface area contributed by atoms with Crippen LogP contribution >= 0.6 is 0 Å². The van der Waals surface area contributed by atoms with Crippen LogP contribution in [-0.2, 0) is 14.4 Å². The Balaban J connectivity index is 1.98. The molecule has 108 valence electrons. The lowest BCUT2D eigenvalue weighted by Crippen LogP contribution is -2.51. The normalized spacial score (nSPS) is 22.9. The number of carbonyl (C=O) groups excluding carboxylic acids is 2. The van der Waals surface area contributed by atoms with E-state index in [-0.39, 0.29) is 18.2 Å². The Hall–Kier alpha value is -2.03. The van der Waals surface area contributed by atoms with Gasteiger partial charge in [-0.25, -0.2) is 4.79 Å². The highest BCUT2D eigenvalue weighted by atomic mass is 16.4. The first kappa shape index (κ1) is 14.4. The first-order valence-corrected chi connectivity index (χ1v) is 6.81. The van der Waals surface area contributed by atoms with Gasteiger partial charge in [0.2, 0.25) is 11.8 Å². The van der Waals surface area contributed by atoms with Crippen molar-refractivity contribution in [3.63, 3.8) is 0 Å². The van der Waals surface area contributed by atoms with Gasteiger partial charge in [0.25, 0.3) is 0 Å². The standard InChI is InChI=1S/C14H18N2O4/c1-2-4-10(14(19)20)15-12(17)11-5-3-8-16(11)13(18)9-6-7-9/h1,9-11H,3-8H2,(H,15,17)(H,19,20). The second kappa shape index (κ2) is 5.95. The molecule has 0 bridgehead atoms. The van der Waals surface area contributed by atoms with Crippen LogP contribution in [0, 0.1) is 18.3 Å². The van der Waals surface area contributed by atoms with Crippen molar-refractivity contribution in [2.24, 2.45) is 5.92 Å². The summed E-state index contributed by atoms with van der Waals surface area (Å²) in [6.45, 7) is 0.570. The summed E-state index contributed by atoms with van der Waals surface area (Å²) in [5.74, 6) is 0.735. The predicted molar refractivity (Wildman–Crippen MR) is 70.5 cm³/mol. The quantitative estimate of drug-likeness (QED) is 0.692. The van der Waals surface area contributed by atoms with E-state index in [1.54, 1.807) is 4.90 Å². The van der Waals surface area contributed by atoms with Gasteiger partial charge in [-0.1, -0.05) is 0 Å². The van der Waals surface area contributed by atoms with Gasteiger partial charge < -0.3 is 15.3 Å². The van der Waals surface area contributed by atoms with Crippen LogP contribution in [-0.4, -0.2) is 46.4 Å². The van der Waals surface area contributed by atoms with Crippen molar-refractivity contribution in [1.29, 1.82) is 0 Å². The fourth-order valence-corrected chi connectivity index (χ4v) is 2.45. The van der Waals surface area contributed by atoms with E-state index in [1.165, 1.54) is 0 Å². The zero-order chi connectivity index (χ0) is 14.7. The molecule has 0 aromatic heterocycles. The van der Waals surface area contributed by atoms with Crippen molar-refractivity contribution in [3.05, 3.63) is 0 Å². The number of hydrogen-bond acceptors (Lipinski definition) is 3. The summed E-state index contributed by atoms with van der Waals surface area (Å²) in [6.07, 6.45) is 8.14. The number of hydrogen-bond donors (Lipinski definition) is 2. The number of carbonyl (C=O) groups is 3. The van der Waals surface area contributed by atoms with Crippen molar-refractivity contribution in [2.45, 2.75) is 44.2 Å². The minimum atomic E-state index is -1.16. The summed E-state index contributed by atoms with van der Waals surface area (Å²) in [4.78, 5) is 36.8. The summed E-state index contributed by atoms with van der Waals surface area (Å²) < 4.78 is 0. The Morgan fingerprint density at radius 3 is 2.60 bits per heavy atom. The fraction of sp³-hybridized carbons (Fsp3) is 0.643. The number of nitrogens with zero attached hydrogens (tertiary/aromatic N) is 1. The Morgan fingerprint density at radius 1 is 1.35 bits per heavy atom. The smallest absolute Gasteiger partial charge is 0.327 e. The second-order valence-corrected chi connectivity index (χ2v) is 5.27. The second-order valence-electron chi connectivity index (χ2n) is 5.27. The highest BCUT2D eigenvalue weighted by Gasteiger charge is 2.41. The summed E-state index contributed by atoms with van der Waals surface area (Å²) in [5, 5.41) is 11.4. The van der Waals surface area contributed by atoms with Crippen LogP contribution in [0.3, 0.4) is 0 Å². The molecular formula is C14H18N2O4. The molecule has 0 spiro atoms. The first-order chi connectivity index (χ1) is 9.54. The van der Waals surface area contributed by atoms with Gasteiger partial charge in [0.05, 0.1) is 0 Å². The molecule has 2 amide bonds. The van der Waals surface area contributed by atoms with E-state index in [2.05, 4.69) is 11.2 Å². The molecule has 2 atom stereocenters. The number of terminal acetylenes is 1. The van der Waals surface area contributed by atoms with Gasteiger partial charge in [0.1, 0.15) is 12.1 Å². The summed E-state index contributed by atoms with van der Waals surface area (Å²) in [6, 6.07) is -1.64. The average Bonchev–Trinajstić information content (AvgIpc) is 3.14. The Labute approximate surface area is 117 Å². The van der Waals surface area contributed by atoms with Gasteiger partial charge in [-0.05, 0) is 25.7 Å². The van der Waals surface area contributed by atoms with Gasteiger partial charge in [0, 0.05) is 18.9 Å². The number of likely N-dealkylation sites (tertiary alicyclic amines) is 1. The zero-order valence-corrected chi connectivity index (χ0v) is 11.2. The Kier molecular flexibility index (Phi) is 4.28. The van der Waals surface area contributed by atoms with E-state index in [0.717, 1.165) is 19.3 Å². The van der Waals surface area contributed by atoms with Crippen LogP contribution < -0.4 is 5.32 Å². The predicted octanol–water partition coefficient (Wildman–Crippen LogP) is -0.0199. The lowest BCUT2D eigenvalue weighted by atomic mass is 10.1. The molecule has 0 radical (unpaired) electrons. The minimum absolute atomic E-state index is 0.0199. The lowest BCUT2D eigenvalue weighted by molar-refractivity contribution is -0.144. The highest BCUT2D eigenvalue weighted by Crippen LogP contribution is 2.33. The van der Waals surface area contributed by atoms with Gasteiger partial charge in [-0.15, -0.1) is 12.3 Å². The van der Waals surface area contributed by atoms with E-state index in [4.69, 9.17) is 11.5 Å². The fourth-order valence-electron chi connectivity index (χ4n) is 2.45. The molecule has 6 nitrogen and oxygen atoms in total. The summed E-state index contributed by atoms with van der Waals surface area (Å²) >= 11 is 0. The summed E-state index contributed by atoms with van der Waals surface area (Å²) in [7, 11) is 0. The van der Waals surface area contributed by atoms with Crippen LogP contribution in [0.15, 0.2) is 0 Å². The van der Waals surface area contributed by atoms with Crippen LogP contribution in [0.1, 0.15) is 32.1 Å². The van der Waals surface area contributed by atoms with E-state index >= 15 is 0 Å². The third-order valence-corrected chi connectivity index (χ3v) is 3.70. The molecule has 2 N–H and O–H groups in total. The molecule has 2 aliphatic rings. The summed E-state index contributed by atoms with van der Waals surface area (Å²) in [5.41, 5.74) is 0. The maximum atomic E-state index is 12.2. The van der Waals surface area contributed by atoms with Crippen LogP contribution in [0.2, 0.25) is 0 Å². The van der Waals surface area contributed by atoms with Crippen LogP contribution in [0.4, 0.5) is 0 Å². The monoisotopic (exact) mass is 278 g/mol. The van der Waals surface area contributed by atoms with Gasteiger partial charge in [-0.2, -0.15) is 0 Å². The number of carboxylic acid groups (broad SMARTS) is 1. The van der Waals surface area contributed by atoms with E-state index in [1.807, 2.05) is 0 Å². The molecule has 6 heteroatoms. The maximum absolute atomic E-state index is 12.2. The minimum Gasteiger partial charge on any atom is -0.480 e. The van der Waals surface area contributed by atoms with Gasteiger partial charge >= 0.3 is 5.97 Å². The SMILES string of the molecule is C#CCC(NC(=O)C1CCCN1C(=O)C1CC1)C(=O)O. The van der Waals surface area contributed by atoms with Crippen molar-refractivity contribution < 1.29 is 19.5 Å². The first-order valence-electron chi connectivity index (χ1n) is 6.81. The number of rotatable bonds is 5. The van der Waals surface area contributed by atoms with E-state index < -0.39 is 24.0 Å². The molecule has 20 heavy (non-hydrogen) atoms. The number of carboxylic acids is 1. The number of nitrogens with one attached hydrogen (secondary N) is 1. The third-order valence-electron chi connectivity index (χ3n) is 3.70. The van der Waals surface area contributed by atoms with E-state index in [9.17, 15) is 14.4 Å². The average molecular weight is 278 g/mol. The van der Waals surface area contributed by atoms with Gasteiger partial charge in [0.15, 0.2) is 0 Å². The molecule has 0 aromatic rings. The van der Waals surface area contributed by atoms with Gasteiger partial charge in [-0.3, -0.25) is 9.59 Å². The molecule has 1 heterocycles. The third kappa shape index (κ3) is 3.10. The van der Waals surface area contributed by atoms with Crippen LogP contribution in [0.5, 0.6) is 0 Å². The molecule has 2 unspecified atom stereocenters. The zero-order valence-electron chi connectivity index (χ0n) is 11.2. The molecule has 2 rings (SSSR count). The molecule has 0 aromatic carbocycles. The molecule has 1 aliphatic heterocycles. The maximum Gasteiger partial charge on any atom is 0.327 e. The number of aliphatic carboxylic acids is 1. The van der Waals surface area contributed by atoms with Crippen molar-refractivity contribution >= 4 is 17.8 Å². The Morgan fingerprint density at radius 2 is 2.05 bits per heavy atom. The van der Waals surface area contributed by atoms with Crippen molar-refractivity contribution in [2.75, 3.05) is 6.54 Å². The van der Waals surface area contributed by atoms with Crippen molar-refractivity contribution in [3.8, 4) is 12.3 Å². The Bertz CT molecular complexity index is 464. The van der Waals surface area contributed by atoms with E-state index in [0.29, 0.717) is 13.0 Å². The molecule has 1 aliphatic carbocycles. The van der Waals surface area contributed by atoms with Crippen molar-refractivity contribution in [1.82, 2.24) is 10.2 Å². The highest BCUT2D eigenvalue weighted by molar-refractivity contribution is 5.92.